The summed E-state index contributed by atoms with van der Waals surface area (Å²) in [5.74, 6) is 0.645. The lowest BCUT2D eigenvalue weighted by Crippen LogP contribution is -2.50. The van der Waals surface area contributed by atoms with Gasteiger partial charge in [-0.15, -0.1) is 11.3 Å². The number of thiazole rings is 1. The summed E-state index contributed by atoms with van der Waals surface area (Å²) in [7, 11) is 0. The number of anilines is 2. The lowest BCUT2D eigenvalue weighted by molar-refractivity contribution is -0.384. The Hall–Kier alpha value is -3.66. The Morgan fingerprint density at radius 3 is 2.71 bits per heavy atom. The molecule has 1 fully saturated rings. The number of aromatic nitrogens is 1. The number of amides is 2. The second kappa shape index (κ2) is 9.43. The fourth-order valence-electron chi connectivity index (χ4n) is 3.37. The Labute approximate surface area is 183 Å². The minimum atomic E-state index is -0.377. The molecule has 1 aliphatic heterocycles. The van der Waals surface area contributed by atoms with Crippen molar-refractivity contribution in [1.29, 1.82) is 0 Å². The van der Waals surface area contributed by atoms with E-state index in [1.54, 1.807) is 40.7 Å². The quantitative estimate of drug-likeness (QED) is 0.460. The highest BCUT2D eigenvalue weighted by Gasteiger charge is 2.25. The average molecular weight is 439 g/mol. The van der Waals surface area contributed by atoms with Gasteiger partial charge in [0.05, 0.1) is 16.1 Å². The molecule has 10 heteroatoms. The number of nitrogens with zero attached hydrogens (tertiary/aromatic N) is 4. The van der Waals surface area contributed by atoms with Gasteiger partial charge in [-0.1, -0.05) is 18.2 Å². The summed E-state index contributed by atoms with van der Waals surface area (Å²) >= 11 is 1.51. The monoisotopic (exact) mass is 439 g/mol. The number of nitrogens with one attached hydrogen (secondary N) is 1. The average Bonchev–Trinajstić information content (AvgIpc) is 3.32. The van der Waals surface area contributed by atoms with Crippen molar-refractivity contribution < 1.29 is 14.5 Å². The molecule has 1 N–H and O–H groups in total. The van der Waals surface area contributed by atoms with Crippen LogP contribution < -0.4 is 15.0 Å². The van der Waals surface area contributed by atoms with Gasteiger partial charge in [-0.2, -0.15) is 0 Å². The number of hydrogen-bond acceptors (Lipinski definition) is 7. The predicted octanol–water partition coefficient (Wildman–Crippen LogP) is 3.98. The van der Waals surface area contributed by atoms with Gasteiger partial charge in [0.15, 0.2) is 0 Å². The topological polar surface area (TPSA) is 101 Å². The third kappa shape index (κ3) is 5.10. The SMILES string of the molecule is O=C(Nc1cccc(OCc2cscn2)c1)N1CCN(c2ccccc2[N+](=O)[O-])CC1. The van der Waals surface area contributed by atoms with Gasteiger partial charge < -0.3 is 19.9 Å². The van der Waals surface area contributed by atoms with Crippen LogP contribution in [0, 0.1) is 10.1 Å². The van der Waals surface area contributed by atoms with Crippen molar-refractivity contribution in [3.05, 3.63) is 75.2 Å². The van der Waals surface area contributed by atoms with Crippen molar-refractivity contribution in [1.82, 2.24) is 9.88 Å². The molecule has 3 aromatic rings. The first kappa shape index (κ1) is 20.6. The van der Waals surface area contributed by atoms with Crippen LogP contribution >= 0.6 is 11.3 Å². The molecule has 2 amide bonds. The Morgan fingerprint density at radius 1 is 1.16 bits per heavy atom. The Morgan fingerprint density at radius 2 is 1.97 bits per heavy atom. The van der Waals surface area contributed by atoms with E-state index in [1.165, 1.54) is 17.4 Å². The number of piperazine rings is 1. The van der Waals surface area contributed by atoms with Gasteiger partial charge in [0.25, 0.3) is 5.69 Å². The number of hydrogen-bond donors (Lipinski definition) is 1. The summed E-state index contributed by atoms with van der Waals surface area (Å²) in [6.45, 7) is 2.36. The maximum absolute atomic E-state index is 12.7. The molecule has 0 aliphatic carbocycles. The van der Waals surface area contributed by atoms with Crippen LogP contribution in [0.3, 0.4) is 0 Å². The van der Waals surface area contributed by atoms with Crippen LogP contribution in [0.15, 0.2) is 59.4 Å². The van der Waals surface area contributed by atoms with Crippen LogP contribution in [0.2, 0.25) is 0 Å². The number of carbonyl (C=O) groups excluding carboxylic acids is 1. The normalized spacial score (nSPS) is 13.7. The summed E-state index contributed by atoms with van der Waals surface area (Å²) in [6.07, 6.45) is 0. The zero-order chi connectivity index (χ0) is 21.6. The van der Waals surface area contributed by atoms with Crippen LogP contribution in [-0.2, 0) is 6.61 Å². The maximum Gasteiger partial charge on any atom is 0.321 e. The Kier molecular flexibility index (Phi) is 6.27. The summed E-state index contributed by atoms with van der Waals surface area (Å²) in [5.41, 5.74) is 3.91. The van der Waals surface area contributed by atoms with Gasteiger partial charge in [0.1, 0.15) is 18.0 Å². The number of ether oxygens (including phenoxy) is 1. The zero-order valence-corrected chi connectivity index (χ0v) is 17.5. The lowest BCUT2D eigenvalue weighted by atomic mass is 10.2. The molecule has 9 nitrogen and oxygen atoms in total. The predicted molar refractivity (Wildman–Crippen MR) is 119 cm³/mol. The van der Waals surface area contributed by atoms with E-state index in [9.17, 15) is 14.9 Å². The number of carbonyl (C=O) groups is 1. The van der Waals surface area contributed by atoms with Crippen LogP contribution in [0.4, 0.5) is 21.9 Å². The summed E-state index contributed by atoms with van der Waals surface area (Å²) in [4.78, 5) is 31.4. The highest BCUT2D eigenvalue weighted by Crippen LogP contribution is 2.28. The molecule has 31 heavy (non-hydrogen) atoms. The van der Waals surface area contributed by atoms with E-state index >= 15 is 0 Å². The van der Waals surface area contributed by atoms with Crippen LogP contribution in [0.5, 0.6) is 5.75 Å². The van der Waals surface area contributed by atoms with Gasteiger partial charge >= 0.3 is 6.03 Å². The highest BCUT2D eigenvalue weighted by molar-refractivity contribution is 7.07. The van der Waals surface area contributed by atoms with E-state index < -0.39 is 0 Å². The molecule has 1 saturated heterocycles. The molecule has 2 aromatic carbocycles. The molecule has 0 bridgehead atoms. The molecule has 1 aliphatic rings. The van der Waals surface area contributed by atoms with Crippen LogP contribution in [-0.4, -0.2) is 47.0 Å². The molecule has 160 valence electrons. The largest absolute Gasteiger partial charge is 0.487 e. The number of para-hydroxylation sites is 2. The van der Waals surface area contributed by atoms with Crippen LogP contribution in [0.25, 0.3) is 0 Å². The molecular formula is C21H21N5O4S. The first-order valence-corrected chi connectivity index (χ1v) is 10.7. The third-order valence-corrected chi connectivity index (χ3v) is 5.58. The van der Waals surface area contributed by atoms with E-state index in [-0.39, 0.29) is 16.6 Å². The number of benzene rings is 2. The summed E-state index contributed by atoms with van der Waals surface area (Å²) < 4.78 is 5.73. The van der Waals surface area contributed by atoms with Gasteiger partial charge in [-0.25, -0.2) is 9.78 Å². The van der Waals surface area contributed by atoms with E-state index in [2.05, 4.69) is 10.3 Å². The molecule has 0 unspecified atom stereocenters. The minimum absolute atomic E-state index is 0.0786. The van der Waals surface area contributed by atoms with Gasteiger partial charge in [0, 0.05) is 49.4 Å². The summed E-state index contributed by atoms with van der Waals surface area (Å²) in [5, 5.41) is 16.1. The van der Waals surface area contributed by atoms with Crippen molar-refractivity contribution in [2.24, 2.45) is 0 Å². The number of nitro groups is 1. The molecule has 1 aromatic heterocycles. The maximum atomic E-state index is 12.7. The first-order valence-electron chi connectivity index (χ1n) is 9.74. The lowest BCUT2D eigenvalue weighted by Gasteiger charge is -2.35. The summed E-state index contributed by atoms with van der Waals surface area (Å²) in [6, 6.07) is 13.7. The zero-order valence-electron chi connectivity index (χ0n) is 16.6. The van der Waals surface area contributed by atoms with E-state index in [1.807, 2.05) is 22.4 Å². The Bertz CT molecular complexity index is 1050. The molecule has 2 heterocycles. The number of urea groups is 1. The second-order valence-electron chi connectivity index (χ2n) is 6.95. The molecule has 4 rings (SSSR count). The van der Waals surface area contributed by atoms with Crippen molar-refractivity contribution in [2.75, 3.05) is 36.4 Å². The highest BCUT2D eigenvalue weighted by atomic mass is 32.1. The van der Waals surface area contributed by atoms with E-state index in [0.717, 1.165) is 5.69 Å². The van der Waals surface area contributed by atoms with E-state index in [0.29, 0.717) is 49.9 Å². The third-order valence-electron chi connectivity index (χ3n) is 4.94. The standard InChI is InChI=1S/C21H21N5O4S/c27-21(23-16-4-3-5-18(12-16)30-13-17-14-31-15-22-17)25-10-8-24(9-11-25)19-6-1-2-7-20(19)26(28)29/h1-7,12,14-15H,8-11,13H2,(H,23,27). The molecule has 0 radical (unpaired) electrons. The van der Waals surface area contributed by atoms with Crippen molar-refractivity contribution in [2.45, 2.75) is 6.61 Å². The number of nitro benzene ring substituents is 1. The molecule has 0 spiro atoms. The van der Waals surface area contributed by atoms with Crippen LogP contribution in [0.1, 0.15) is 5.69 Å². The molecule has 0 atom stereocenters. The van der Waals surface area contributed by atoms with Crippen molar-refractivity contribution in [3.63, 3.8) is 0 Å². The van der Waals surface area contributed by atoms with Gasteiger partial charge in [0.2, 0.25) is 0 Å². The second-order valence-corrected chi connectivity index (χ2v) is 7.67. The number of rotatable bonds is 6. The van der Waals surface area contributed by atoms with Gasteiger partial charge in [-0.05, 0) is 18.2 Å². The molecular weight excluding hydrogens is 418 g/mol. The fraction of sp³-hybridized carbons (Fsp3) is 0.238. The van der Waals surface area contributed by atoms with Crippen molar-refractivity contribution in [3.8, 4) is 5.75 Å². The Balaban J connectivity index is 1.32. The van der Waals surface area contributed by atoms with Crippen molar-refractivity contribution >= 4 is 34.4 Å². The molecule has 0 saturated carbocycles. The fourth-order valence-corrected chi connectivity index (χ4v) is 3.91. The first-order chi connectivity index (χ1) is 15.1. The minimum Gasteiger partial charge on any atom is -0.487 e. The smallest absolute Gasteiger partial charge is 0.321 e. The van der Waals surface area contributed by atoms with E-state index in [4.69, 9.17) is 4.74 Å². The van der Waals surface area contributed by atoms with Gasteiger partial charge in [-0.3, -0.25) is 10.1 Å².